The maximum atomic E-state index is 4.24. The zero-order valence-corrected chi connectivity index (χ0v) is 11.0. The summed E-state index contributed by atoms with van der Waals surface area (Å²) in [6, 6.07) is 0. The molecule has 5 heteroatoms. The topological polar surface area (TPSA) is 49.8 Å². The monoisotopic (exact) mass is 284 g/mol. The van der Waals surface area contributed by atoms with E-state index in [0.29, 0.717) is 0 Å². The van der Waals surface area contributed by atoms with Gasteiger partial charge in [-0.2, -0.15) is 0 Å². The first kappa shape index (κ1) is 11.6. The first-order valence-corrected chi connectivity index (χ1v) is 6.58. The quantitative estimate of drug-likeness (QED) is 0.873. The average Bonchev–Trinajstić information content (AvgIpc) is 2.21. The van der Waals surface area contributed by atoms with Crippen LogP contribution >= 0.6 is 15.9 Å². The van der Waals surface area contributed by atoms with Crippen LogP contribution in [-0.2, 0) is 0 Å². The standard InChI is InChI=1S/C11H17BrN4/c1-2-13-10-9(12)11(16-7-15-10)14-6-8-4-3-5-8/h7-8H,2-6H2,1H3,(H2,13,14,15,16). The molecule has 0 aliphatic heterocycles. The van der Waals surface area contributed by atoms with Gasteiger partial charge in [-0.3, -0.25) is 0 Å². The molecule has 88 valence electrons. The summed E-state index contributed by atoms with van der Waals surface area (Å²) in [4.78, 5) is 8.42. The molecular weight excluding hydrogens is 268 g/mol. The Balaban J connectivity index is 1.98. The normalized spacial score (nSPS) is 15.6. The molecule has 1 aliphatic rings. The third-order valence-corrected chi connectivity index (χ3v) is 3.67. The van der Waals surface area contributed by atoms with Gasteiger partial charge in [0.25, 0.3) is 0 Å². The number of nitrogens with zero attached hydrogens (tertiary/aromatic N) is 2. The van der Waals surface area contributed by atoms with Gasteiger partial charge in [0.2, 0.25) is 0 Å². The van der Waals surface area contributed by atoms with Crippen LogP contribution in [-0.4, -0.2) is 23.1 Å². The average molecular weight is 285 g/mol. The van der Waals surface area contributed by atoms with Crippen LogP contribution in [0.3, 0.4) is 0 Å². The van der Waals surface area contributed by atoms with Gasteiger partial charge in [-0.05, 0) is 41.6 Å². The molecule has 0 atom stereocenters. The molecule has 1 aliphatic carbocycles. The lowest BCUT2D eigenvalue weighted by Crippen LogP contribution is -2.21. The van der Waals surface area contributed by atoms with Gasteiger partial charge in [0, 0.05) is 13.1 Å². The third kappa shape index (κ3) is 2.64. The highest BCUT2D eigenvalue weighted by Gasteiger charge is 2.17. The Hall–Kier alpha value is -0.840. The Kier molecular flexibility index (Phi) is 3.98. The second-order valence-corrected chi connectivity index (χ2v) is 4.89. The smallest absolute Gasteiger partial charge is 0.145 e. The molecule has 1 aromatic heterocycles. The number of halogens is 1. The highest BCUT2D eigenvalue weighted by Crippen LogP contribution is 2.29. The largest absolute Gasteiger partial charge is 0.369 e. The lowest BCUT2D eigenvalue weighted by molar-refractivity contribution is 0.333. The summed E-state index contributed by atoms with van der Waals surface area (Å²) in [5.41, 5.74) is 0. The lowest BCUT2D eigenvalue weighted by Gasteiger charge is -2.25. The minimum Gasteiger partial charge on any atom is -0.369 e. The summed E-state index contributed by atoms with van der Waals surface area (Å²) < 4.78 is 0.927. The van der Waals surface area contributed by atoms with Gasteiger partial charge in [0.05, 0.1) is 0 Å². The Morgan fingerprint density at radius 2 is 2.00 bits per heavy atom. The van der Waals surface area contributed by atoms with Crippen LogP contribution < -0.4 is 10.6 Å². The van der Waals surface area contributed by atoms with Crippen molar-refractivity contribution in [2.24, 2.45) is 5.92 Å². The Morgan fingerprint density at radius 1 is 1.31 bits per heavy atom. The molecule has 0 bridgehead atoms. The summed E-state index contributed by atoms with van der Waals surface area (Å²) in [7, 11) is 0. The van der Waals surface area contributed by atoms with Crippen LogP contribution in [0.15, 0.2) is 10.8 Å². The van der Waals surface area contributed by atoms with Gasteiger partial charge in [0.1, 0.15) is 22.4 Å². The molecule has 0 aromatic carbocycles. The van der Waals surface area contributed by atoms with Gasteiger partial charge in [-0.15, -0.1) is 0 Å². The minimum absolute atomic E-state index is 0.824. The zero-order valence-electron chi connectivity index (χ0n) is 9.46. The first-order chi connectivity index (χ1) is 7.81. The SMILES string of the molecule is CCNc1ncnc(NCC2CCC2)c1Br. The predicted molar refractivity (Wildman–Crippen MR) is 69.7 cm³/mol. The fourth-order valence-electron chi connectivity index (χ4n) is 1.72. The van der Waals surface area contributed by atoms with Gasteiger partial charge >= 0.3 is 0 Å². The van der Waals surface area contributed by atoms with E-state index in [-0.39, 0.29) is 0 Å². The molecule has 0 saturated heterocycles. The van der Waals surface area contributed by atoms with Crippen LogP contribution in [0.1, 0.15) is 26.2 Å². The number of hydrogen-bond acceptors (Lipinski definition) is 4. The van der Waals surface area contributed by atoms with Crippen molar-refractivity contribution >= 4 is 27.6 Å². The van der Waals surface area contributed by atoms with Gasteiger partial charge in [0.15, 0.2) is 0 Å². The van der Waals surface area contributed by atoms with E-state index in [2.05, 4.69) is 43.5 Å². The number of hydrogen-bond donors (Lipinski definition) is 2. The van der Waals surface area contributed by atoms with E-state index >= 15 is 0 Å². The summed E-state index contributed by atoms with van der Waals surface area (Å²) >= 11 is 3.52. The van der Waals surface area contributed by atoms with E-state index in [9.17, 15) is 0 Å². The molecule has 2 N–H and O–H groups in total. The maximum absolute atomic E-state index is 4.24. The van der Waals surface area contributed by atoms with E-state index in [1.54, 1.807) is 6.33 Å². The summed E-state index contributed by atoms with van der Waals surface area (Å²) in [5.74, 6) is 2.57. The van der Waals surface area contributed by atoms with Crippen LogP contribution in [0.4, 0.5) is 11.6 Å². The molecule has 4 nitrogen and oxygen atoms in total. The Bertz CT molecular complexity index is 352. The third-order valence-electron chi connectivity index (χ3n) is 2.92. The van der Waals surface area contributed by atoms with Crippen molar-refractivity contribution in [1.29, 1.82) is 0 Å². The van der Waals surface area contributed by atoms with Crippen LogP contribution in [0, 0.1) is 5.92 Å². The van der Waals surface area contributed by atoms with Crippen molar-refractivity contribution in [2.75, 3.05) is 23.7 Å². The summed E-state index contributed by atoms with van der Waals surface area (Å²) in [5, 5.41) is 6.57. The maximum Gasteiger partial charge on any atom is 0.145 e. The lowest BCUT2D eigenvalue weighted by atomic mass is 9.85. The second kappa shape index (κ2) is 5.48. The predicted octanol–water partition coefficient (Wildman–Crippen LogP) is 2.88. The van der Waals surface area contributed by atoms with Crippen molar-refractivity contribution in [3.05, 3.63) is 10.8 Å². The van der Waals surface area contributed by atoms with E-state index < -0.39 is 0 Å². The molecule has 1 aromatic rings. The fraction of sp³-hybridized carbons (Fsp3) is 0.636. The molecule has 0 amide bonds. The molecular formula is C11H17BrN4. The fourth-order valence-corrected chi connectivity index (χ4v) is 2.21. The van der Waals surface area contributed by atoms with Crippen molar-refractivity contribution in [2.45, 2.75) is 26.2 Å². The van der Waals surface area contributed by atoms with Crippen LogP contribution in [0.25, 0.3) is 0 Å². The highest BCUT2D eigenvalue weighted by molar-refractivity contribution is 9.10. The van der Waals surface area contributed by atoms with Gasteiger partial charge < -0.3 is 10.6 Å². The first-order valence-electron chi connectivity index (χ1n) is 5.79. The highest BCUT2D eigenvalue weighted by atomic mass is 79.9. The van der Waals surface area contributed by atoms with E-state index in [4.69, 9.17) is 0 Å². The van der Waals surface area contributed by atoms with Crippen LogP contribution in [0.5, 0.6) is 0 Å². The second-order valence-electron chi connectivity index (χ2n) is 4.09. The summed E-state index contributed by atoms with van der Waals surface area (Å²) in [6.45, 7) is 3.93. The van der Waals surface area contributed by atoms with Crippen molar-refractivity contribution in [3.63, 3.8) is 0 Å². The molecule has 1 saturated carbocycles. The molecule has 0 radical (unpaired) electrons. The van der Waals surface area contributed by atoms with E-state index in [0.717, 1.165) is 35.1 Å². The van der Waals surface area contributed by atoms with E-state index in [1.807, 2.05) is 0 Å². The number of aromatic nitrogens is 2. The zero-order chi connectivity index (χ0) is 11.4. The van der Waals surface area contributed by atoms with Crippen molar-refractivity contribution < 1.29 is 0 Å². The molecule has 0 unspecified atom stereocenters. The molecule has 1 heterocycles. The summed E-state index contributed by atoms with van der Waals surface area (Å²) in [6.07, 6.45) is 5.65. The van der Waals surface area contributed by atoms with Gasteiger partial charge in [-0.25, -0.2) is 9.97 Å². The minimum atomic E-state index is 0.824. The molecule has 0 spiro atoms. The number of anilines is 2. The number of rotatable bonds is 5. The molecule has 16 heavy (non-hydrogen) atoms. The van der Waals surface area contributed by atoms with Crippen molar-refractivity contribution in [3.8, 4) is 0 Å². The van der Waals surface area contributed by atoms with E-state index in [1.165, 1.54) is 19.3 Å². The molecule has 2 rings (SSSR count). The van der Waals surface area contributed by atoms with Crippen LogP contribution in [0.2, 0.25) is 0 Å². The van der Waals surface area contributed by atoms with Crippen molar-refractivity contribution in [1.82, 2.24) is 9.97 Å². The Morgan fingerprint density at radius 3 is 2.56 bits per heavy atom. The number of nitrogens with one attached hydrogen (secondary N) is 2. The van der Waals surface area contributed by atoms with Gasteiger partial charge in [-0.1, -0.05) is 6.42 Å². The Labute approximate surface area is 104 Å². The molecule has 1 fully saturated rings.